The van der Waals surface area contributed by atoms with Crippen LogP contribution in [-0.4, -0.2) is 50.9 Å². The van der Waals surface area contributed by atoms with Gasteiger partial charge in [0.15, 0.2) is 29.3 Å². The number of amides is 2. The Balaban J connectivity index is 0.00000141. The van der Waals surface area contributed by atoms with Crippen LogP contribution in [0.5, 0.6) is 0 Å². The van der Waals surface area contributed by atoms with E-state index < -0.39 is 23.8 Å². The minimum atomic E-state index is -0.935. The highest BCUT2D eigenvalue weighted by Crippen LogP contribution is 2.32. The summed E-state index contributed by atoms with van der Waals surface area (Å²) < 4.78 is 31.2. The molecule has 8 nitrogen and oxygen atoms in total. The molecule has 182 valence electrons. The molecule has 2 unspecified atom stereocenters. The van der Waals surface area contributed by atoms with Gasteiger partial charge in [-0.25, -0.2) is 33.7 Å². The number of aliphatic imine (C=N–C) groups is 1. The fourth-order valence-corrected chi connectivity index (χ4v) is 4.69. The molecule has 2 atom stereocenters. The molecule has 1 saturated heterocycles. The normalized spacial score (nSPS) is 21.8. The molecule has 11 heteroatoms. The van der Waals surface area contributed by atoms with Crippen LogP contribution in [-0.2, 0) is 0 Å². The van der Waals surface area contributed by atoms with Crippen molar-refractivity contribution < 1.29 is 13.6 Å². The van der Waals surface area contributed by atoms with Crippen LogP contribution in [0.3, 0.4) is 0 Å². The van der Waals surface area contributed by atoms with Crippen molar-refractivity contribution in [3.8, 4) is 5.97 Å². The van der Waals surface area contributed by atoms with E-state index in [1.54, 1.807) is 25.5 Å². The largest absolute Gasteiger partial charge is 0.371 e. The van der Waals surface area contributed by atoms with Crippen molar-refractivity contribution in [2.75, 3.05) is 13.1 Å². The summed E-state index contributed by atoms with van der Waals surface area (Å²) in [5, 5.41) is 12.1. The van der Waals surface area contributed by atoms with Gasteiger partial charge in [-0.15, -0.1) is 0 Å². The molecule has 0 radical (unpaired) electrons. The Morgan fingerprint density at radius 1 is 1.31 bits per heavy atom. The van der Waals surface area contributed by atoms with E-state index in [1.807, 2.05) is 25.7 Å². The van der Waals surface area contributed by atoms with E-state index in [4.69, 9.17) is 0 Å². The molecule has 3 aliphatic heterocycles. The van der Waals surface area contributed by atoms with Crippen LogP contribution in [0.2, 0.25) is 12.1 Å². The second-order valence-corrected chi connectivity index (χ2v) is 8.59. The molecule has 3 aliphatic rings. The van der Waals surface area contributed by atoms with Gasteiger partial charge >= 0.3 is 6.03 Å². The standard InChI is InChI=1S/C22H22BF2N7O.C2H6/c1-3-15-10-30(5-4-23(15)12-26)16-7-18(25)21-28-19(29-22(33)32(21)11-16)14-6-17(24)20-27-13(2)8-31(20)9-14;1-2/h6-9,11,15,19H,3-5,10H2,1-2H3,(H,29,33);1-2H3. The number of fused-ring (bicyclic) bond motifs is 2. The van der Waals surface area contributed by atoms with E-state index in [2.05, 4.69) is 21.3 Å². The SMILES string of the molecule is CC.CCC1CN(C2=CN3C(=O)NC(c4cc(F)c5nc(C)cn5c4)N=C3C(F)=C2)CCB1C#N. The number of urea groups is 1. The van der Waals surface area contributed by atoms with Crippen LogP contribution in [0, 0.1) is 24.0 Å². The first-order chi connectivity index (χ1) is 16.9. The maximum Gasteiger partial charge on any atom is 0.329 e. The number of hydrogen-bond acceptors (Lipinski definition) is 5. The third-order valence-corrected chi connectivity index (χ3v) is 6.46. The first kappa shape index (κ1) is 24.4. The molecule has 2 aromatic heterocycles. The Morgan fingerprint density at radius 3 is 2.80 bits per heavy atom. The number of carbonyl (C=O) groups excluding carboxylic acids is 1. The van der Waals surface area contributed by atoms with Crippen LogP contribution < -0.4 is 5.32 Å². The summed E-state index contributed by atoms with van der Waals surface area (Å²) in [6, 6.07) is 0.703. The summed E-state index contributed by atoms with van der Waals surface area (Å²) in [5.41, 5.74) is 1.77. The van der Waals surface area contributed by atoms with Crippen LogP contribution in [0.4, 0.5) is 13.6 Å². The van der Waals surface area contributed by atoms with E-state index in [0.717, 1.165) is 11.3 Å². The number of nitriles is 1. The maximum atomic E-state index is 15.1. The van der Waals surface area contributed by atoms with E-state index in [1.165, 1.54) is 16.5 Å². The van der Waals surface area contributed by atoms with Crippen molar-refractivity contribution in [3.05, 3.63) is 59.3 Å². The van der Waals surface area contributed by atoms with Gasteiger partial charge in [-0.1, -0.05) is 27.2 Å². The Labute approximate surface area is 203 Å². The van der Waals surface area contributed by atoms with E-state index in [9.17, 15) is 14.4 Å². The highest BCUT2D eigenvalue weighted by Gasteiger charge is 2.37. The topological polar surface area (TPSA) is 89.0 Å². The zero-order valence-electron chi connectivity index (χ0n) is 20.3. The molecule has 0 aromatic carbocycles. The molecule has 0 bridgehead atoms. The van der Waals surface area contributed by atoms with Crippen molar-refractivity contribution in [2.45, 2.75) is 52.4 Å². The number of rotatable bonds is 3. The number of hydrogen-bond donors (Lipinski definition) is 1. The molecule has 0 saturated carbocycles. The Bertz CT molecular complexity index is 1280. The van der Waals surface area contributed by atoms with Gasteiger partial charge in [0.25, 0.3) is 6.71 Å². The van der Waals surface area contributed by atoms with Crippen LogP contribution in [0.15, 0.2) is 47.3 Å². The Morgan fingerprint density at radius 2 is 2.09 bits per heavy atom. The number of amidine groups is 1. The minimum Gasteiger partial charge on any atom is -0.371 e. The smallest absolute Gasteiger partial charge is 0.329 e. The molecule has 0 spiro atoms. The van der Waals surface area contributed by atoms with Gasteiger partial charge in [-0.05, 0) is 25.1 Å². The van der Waals surface area contributed by atoms with Gasteiger partial charge in [0.05, 0.1) is 11.4 Å². The molecular formula is C24H28BF2N7O. The summed E-state index contributed by atoms with van der Waals surface area (Å²) in [6.07, 6.45) is 6.84. The number of pyridine rings is 1. The van der Waals surface area contributed by atoms with Gasteiger partial charge < -0.3 is 14.6 Å². The number of allylic oxidation sites excluding steroid dienone is 1. The number of aryl methyl sites for hydroxylation is 1. The second-order valence-electron chi connectivity index (χ2n) is 8.59. The van der Waals surface area contributed by atoms with E-state index in [-0.39, 0.29) is 24.0 Å². The maximum absolute atomic E-state index is 15.1. The zero-order valence-corrected chi connectivity index (χ0v) is 20.3. The first-order valence-electron chi connectivity index (χ1n) is 11.9. The average molecular weight is 479 g/mol. The average Bonchev–Trinajstić information content (AvgIpc) is 3.26. The van der Waals surface area contributed by atoms with E-state index >= 15 is 4.39 Å². The van der Waals surface area contributed by atoms with Gasteiger partial charge in [0.2, 0.25) is 0 Å². The lowest BCUT2D eigenvalue weighted by Gasteiger charge is -2.39. The third kappa shape index (κ3) is 4.53. The molecule has 1 N–H and O–H groups in total. The number of halogens is 2. The minimum absolute atomic E-state index is 0.0162. The van der Waals surface area contributed by atoms with Crippen molar-refractivity contribution in [2.24, 2.45) is 4.99 Å². The highest BCUT2D eigenvalue weighted by atomic mass is 19.1. The molecule has 1 fully saturated rings. The summed E-state index contributed by atoms with van der Waals surface area (Å²) in [6.45, 7) is 9.01. The lowest BCUT2D eigenvalue weighted by molar-refractivity contribution is 0.220. The van der Waals surface area contributed by atoms with Crippen molar-refractivity contribution in [3.63, 3.8) is 0 Å². The van der Waals surface area contributed by atoms with Gasteiger partial charge in [-0.2, -0.15) is 0 Å². The predicted molar refractivity (Wildman–Crippen MR) is 131 cm³/mol. The number of aromatic nitrogens is 2. The second kappa shape index (κ2) is 9.90. The van der Waals surface area contributed by atoms with Crippen LogP contribution in [0.1, 0.15) is 44.6 Å². The third-order valence-electron chi connectivity index (χ3n) is 6.46. The van der Waals surface area contributed by atoms with Gasteiger partial charge in [0.1, 0.15) is 0 Å². The van der Waals surface area contributed by atoms with Gasteiger partial charge in [0, 0.05) is 49.3 Å². The molecule has 35 heavy (non-hydrogen) atoms. The number of nitrogens with zero attached hydrogens (tertiary/aromatic N) is 6. The van der Waals surface area contributed by atoms with Crippen LogP contribution in [0.25, 0.3) is 5.65 Å². The monoisotopic (exact) mass is 479 g/mol. The highest BCUT2D eigenvalue weighted by molar-refractivity contribution is 6.68. The lowest BCUT2D eigenvalue weighted by atomic mass is 9.38. The predicted octanol–water partition coefficient (Wildman–Crippen LogP) is 4.59. The van der Waals surface area contributed by atoms with Crippen molar-refractivity contribution in [1.82, 2.24) is 24.5 Å². The number of carbonyl (C=O) groups is 1. The zero-order chi connectivity index (χ0) is 25.3. The molecule has 5 heterocycles. The fourth-order valence-electron chi connectivity index (χ4n) is 4.69. The van der Waals surface area contributed by atoms with Crippen molar-refractivity contribution in [1.29, 1.82) is 5.26 Å². The molecule has 5 rings (SSSR count). The fraction of sp³-hybridized carbons (Fsp3) is 0.417. The quantitative estimate of drug-likeness (QED) is 0.653. The first-order valence-corrected chi connectivity index (χ1v) is 11.9. The molecule has 2 amide bonds. The Hall–Kier alpha value is -3.68. The number of imidazole rings is 1. The Kier molecular flexibility index (Phi) is 6.92. The summed E-state index contributed by atoms with van der Waals surface area (Å²) in [5.74, 6) is 1.25. The summed E-state index contributed by atoms with van der Waals surface area (Å²) in [4.78, 5) is 24.5. The van der Waals surface area contributed by atoms with Crippen molar-refractivity contribution >= 4 is 24.2 Å². The van der Waals surface area contributed by atoms with Crippen LogP contribution >= 0.6 is 0 Å². The lowest BCUT2D eigenvalue weighted by Crippen LogP contribution is -2.49. The summed E-state index contributed by atoms with van der Waals surface area (Å²) in [7, 11) is 0. The number of nitrogens with one attached hydrogen (secondary N) is 1. The van der Waals surface area contributed by atoms with Gasteiger partial charge in [-0.3, -0.25) is 0 Å². The summed E-state index contributed by atoms with van der Waals surface area (Å²) >= 11 is 0. The van der Waals surface area contributed by atoms with E-state index in [0.29, 0.717) is 36.4 Å². The molecule has 2 aromatic rings. The molecule has 0 aliphatic carbocycles. The molecular weight excluding hydrogens is 451 g/mol.